The summed E-state index contributed by atoms with van der Waals surface area (Å²) in [5.74, 6) is 2.26. The first-order valence-corrected chi connectivity index (χ1v) is 18.5. The van der Waals surface area contributed by atoms with E-state index >= 15 is 0 Å². The average Bonchev–Trinajstić information content (AvgIpc) is 3.57. The van der Waals surface area contributed by atoms with Gasteiger partial charge < -0.3 is 20.7 Å². The molecular weight excluding hydrogens is 615 g/mol. The molecule has 1 amide bonds. The van der Waals surface area contributed by atoms with E-state index < -0.39 is 0 Å². The van der Waals surface area contributed by atoms with E-state index in [0.717, 1.165) is 60.5 Å². The van der Waals surface area contributed by atoms with Crippen LogP contribution in [-0.4, -0.2) is 53.1 Å². The Morgan fingerprint density at radius 3 is 2.27 bits per heavy atom. The second-order valence-corrected chi connectivity index (χ2v) is 15.3. The average molecular weight is 668 g/mol. The summed E-state index contributed by atoms with van der Waals surface area (Å²) in [6.45, 7) is 12.6. The molecule has 1 aliphatic rings. The number of ether oxygens (including phenoxy) is 1. The van der Waals surface area contributed by atoms with Crippen LogP contribution in [0.2, 0.25) is 0 Å². The molecule has 0 radical (unpaired) electrons. The second kappa shape index (κ2) is 17.2. The maximum absolute atomic E-state index is 13.6. The summed E-state index contributed by atoms with van der Waals surface area (Å²) in [5.41, 5.74) is 9.95. The van der Waals surface area contributed by atoms with Gasteiger partial charge in [0.25, 0.3) is 0 Å². The van der Waals surface area contributed by atoms with Crippen LogP contribution in [0.15, 0.2) is 73.1 Å². The first kappa shape index (κ1) is 35.7. The fourth-order valence-electron chi connectivity index (χ4n) is 6.03. The number of unbranched alkanes of at least 4 members (excludes halogenated alkanes) is 4. The fourth-order valence-corrected chi connectivity index (χ4v) is 7.04. The first-order chi connectivity index (χ1) is 23.2. The van der Waals surface area contributed by atoms with Crippen molar-refractivity contribution in [2.75, 3.05) is 26.2 Å². The van der Waals surface area contributed by atoms with Crippen LogP contribution in [0.1, 0.15) is 81.5 Å². The van der Waals surface area contributed by atoms with Crippen molar-refractivity contribution in [2.45, 2.75) is 90.6 Å². The van der Waals surface area contributed by atoms with Gasteiger partial charge >= 0.3 is 0 Å². The van der Waals surface area contributed by atoms with Crippen molar-refractivity contribution >= 4 is 17.2 Å². The first-order valence-electron chi connectivity index (χ1n) is 17.7. The van der Waals surface area contributed by atoms with Crippen molar-refractivity contribution in [2.24, 2.45) is 11.7 Å². The number of thiophene rings is 1. The third kappa shape index (κ3) is 9.97. The Hall–Kier alpha value is -3.59. The van der Waals surface area contributed by atoms with Crippen LogP contribution in [0.5, 0.6) is 5.75 Å². The maximum atomic E-state index is 13.6. The van der Waals surface area contributed by atoms with Crippen LogP contribution in [-0.2, 0) is 23.2 Å². The second-order valence-electron chi connectivity index (χ2n) is 14.1. The number of benzene rings is 2. The Balaban J connectivity index is 1.18. The highest BCUT2D eigenvalue weighted by Gasteiger charge is 2.34. The van der Waals surface area contributed by atoms with Gasteiger partial charge in [-0.15, -0.1) is 11.3 Å². The fraction of sp³-hybridized carbons (Fsp3) is 0.475. The van der Waals surface area contributed by atoms with Crippen LogP contribution < -0.4 is 15.8 Å². The van der Waals surface area contributed by atoms with Gasteiger partial charge in [-0.05, 0) is 72.5 Å². The third-order valence-corrected chi connectivity index (χ3v) is 10.6. The Morgan fingerprint density at radius 1 is 0.938 bits per heavy atom. The van der Waals surface area contributed by atoms with Gasteiger partial charge in [-0.3, -0.25) is 4.79 Å². The van der Waals surface area contributed by atoms with Gasteiger partial charge in [0.15, 0.2) is 5.82 Å². The Bertz CT molecular complexity index is 1560. The lowest BCUT2D eigenvalue weighted by molar-refractivity contribution is -0.140. The van der Waals surface area contributed by atoms with E-state index in [4.69, 9.17) is 10.5 Å². The van der Waals surface area contributed by atoms with Gasteiger partial charge in [-0.25, -0.2) is 9.97 Å². The molecule has 4 aromatic rings. The third-order valence-electron chi connectivity index (χ3n) is 9.07. The number of nitrogens with one attached hydrogen (secondary N) is 1. The maximum Gasteiger partial charge on any atom is 0.240 e. The molecule has 5 rings (SSSR count). The summed E-state index contributed by atoms with van der Waals surface area (Å²) in [4.78, 5) is 27.5. The van der Waals surface area contributed by atoms with Gasteiger partial charge in [0, 0.05) is 52.9 Å². The number of hydrogen-bond donors (Lipinski definition) is 2. The van der Waals surface area contributed by atoms with Crippen molar-refractivity contribution in [1.82, 2.24) is 20.2 Å². The van der Waals surface area contributed by atoms with Gasteiger partial charge in [-0.1, -0.05) is 89.8 Å². The molecule has 0 aliphatic carbocycles. The van der Waals surface area contributed by atoms with Crippen molar-refractivity contribution < 1.29 is 9.53 Å². The van der Waals surface area contributed by atoms with Gasteiger partial charge in [-0.2, -0.15) is 0 Å². The molecule has 3 heterocycles. The summed E-state index contributed by atoms with van der Waals surface area (Å²) < 4.78 is 5.92. The Labute approximate surface area is 291 Å². The molecule has 2 aromatic heterocycles. The minimum Gasteiger partial charge on any atom is -0.494 e. The van der Waals surface area contributed by atoms with E-state index in [0.29, 0.717) is 31.3 Å². The van der Waals surface area contributed by atoms with Crippen LogP contribution in [0.25, 0.3) is 22.5 Å². The summed E-state index contributed by atoms with van der Waals surface area (Å²) in [6.07, 6.45) is 11.5. The summed E-state index contributed by atoms with van der Waals surface area (Å²) in [7, 11) is 0. The monoisotopic (exact) mass is 667 g/mol. The number of nitrogens with zero attached hydrogens (tertiary/aromatic N) is 3. The SMILES string of the molecule is CCCCCCCOc1ccc(-c2cnc(-c3ccc(C[C@H](NCc4ccc(C(C)(C)C)s4)C(=O)N4CC(CCN)C4)cc3)nc2)cc1. The minimum absolute atomic E-state index is 0.118. The lowest BCUT2D eigenvalue weighted by atomic mass is 9.94. The normalized spacial score (nSPS) is 14.1. The zero-order chi connectivity index (χ0) is 33.9. The molecule has 3 N–H and O–H groups in total. The molecule has 0 unspecified atom stereocenters. The lowest BCUT2D eigenvalue weighted by Crippen LogP contribution is -2.57. The zero-order valence-corrected chi connectivity index (χ0v) is 30.0. The highest BCUT2D eigenvalue weighted by atomic mass is 32.1. The Morgan fingerprint density at radius 2 is 1.62 bits per heavy atom. The van der Waals surface area contributed by atoms with E-state index in [2.05, 4.69) is 91.5 Å². The largest absolute Gasteiger partial charge is 0.494 e. The van der Waals surface area contributed by atoms with Crippen molar-refractivity contribution in [3.63, 3.8) is 0 Å². The number of aromatic nitrogens is 2. The van der Waals surface area contributed by atoms with Crippen LogP contribution in [0, 0.1) is 5.92 Å². The van der Waals surface area contributed by atoms with E-state index in [9.17, 15) is 4.79 Å². The highest BCUT2D eigenvalue weighted by molar-refractivity contribution is 7.12. The lowest BCUT2D eigenvalue weighted by Gasteiger charge is -2.41. The standard InChI is InChI=1S/C40H53N5O2S/c1-5-6-7-8-9-22-47-34-16-14-31(15-17-34)33-24-43-38(44-25-33)32-12-10-29(11-13-32)23-36(39(46)45-27-30(28-45)20-21-41)42-26-35-18-19-37(48-35)40(2,3)4/h10-19,24-25,30,36,42H,5-9,20-23,26-28,41H2,1-4H3/t36-/m0/s1. The molecule has 1 aliphatic heterocycles. The zero-order valence-electron chi connectivity index (χ0n) is 29.2. The molecule has 1 saturated heterocycles. The quantitative estimate of drug-likeness (QED) is 0.111. The molecule has 0 saturated carbocycles. The van der Waals surface area contributed by atoms with Gasteiger partial charge in [0.05, 0.1) is 12.6 Å². The number of rotatable bonds is 17. The smallest absolute Gasteiger partial charge is 0.240 e. The number of nitrogens with two attached hydrogens (primary N) is 1. The summed E-state index contributed by atoms with van der Waals surface area (Å²) in [6, 6.07) is 20.5. The van der Waals surface area contributed by atoms with Crippen molar-refractivity contribution in [1.29, 1.82) is 0 Å². The van der Waals surface area contributed by atoms with Crippen LogP contribution in [0.4, 0.5) is 0 Å². The summed E-state index contributed by atoms with van der Waals surface area (Å²) in [5, 5.41) is 3.60. The van der Waals surface area contributed by atoms with Crippen LogP contribution >= 0.6 is 11.3 Å². The molecule has 0 spiro atoms. The number of carbonyl (C=O) groups excluding carboxylic acids is 1. The predicted octanol–water partition coefficient (Wildman–Crippen LogP) is 8.03. The molecule has 7 nitrogen and oxygen atoms in total. The molecule has 256 valence electrons. The van der Waals surface area contributed by atoms with Gasteiger partial charge in [0.1, 0.15) is 5.75 Å². The summed E-state index contributed by atoms with van der Waals surface area (Å²) >= 11 is 1.82. The van der Waals surface area contributed by atoms with Gasteiger partial charge in [0.2, 0.25) is 5.91 Å². The van der Waals surface area contributed by atoms with Crippen LogP contribution in [0.3, 0.4) is 0 Å². The van der Waals surface area contributed by atoms with E-state index in [-0.39, 0.29) is 17.4 Å². The molecule has 8 heteroatoms. The number of carbonyl (C=O) groups is 1. The van der Waals surface area contributed by atoms with E-state index in [1.165, 1.54) is 35.4 Å². The molecule has 48 heavy (non-hydrogen) atoms. The molecule has 2 aromatic carbocycles. The minimum atomic E-state index is -0.298. The van der Waals surface area contributed by atoms with E-state index in [1.807, 2.05) is 40.8 Å². The Kier molecular flexibility index (Phi) is 12.8. The highest BCUT2D eigenvalue weighted by Crippen LogP contribution is 2.30. The molecule has 0 bridgehead atoms. The molecule has 1 atom stereocenters. The number of likely N-dealkylation sites (tertiary alicyclic amines) is 1. The number of amides is 1. The molecule has 1 fully saturated rings. The predicted molar refractivity (Wildman–Crippen MR) is 198 cm³/mol. The van der Waals surface area contributed by atoms with E-state index in [1.54, 1.807) is 0 Å². The topological polar surface area (TPSA) is 93.4 Å². The molecular formula is C40H53N5O2S. The van der Waals surface area contributed by atoms with Crippen molar-refractivity contribution in [3.8, 4) is 28.3 Å². The number of hydrogen-bond acceptors (Lipinski definition) is 7. The van der Waals surface area contributed by atoms with Crippen molar-refractivity contribution in [3.05, 3.63) is 88.4 Å².